The number of thioether (sulfide) groups is 1. The van der Waals surface area contributed by atoms with E-state index in [1.54, 1.807) is 30.3 Å². The van der Waals surface area contributed by atoms with E-state index in [0.717, 1.165) is 5.56 Å². The molecule has 0 aromatic heterocycles. The number of hydrogen-bond acceptors (Lipinski definition) is 6. The minimum absolute atomic E-state index is 0.00291. The highest BCUT2D eigenvalue weighted by atomic mass is 32.2. The predicted molar refractivity (Wildman–Crippen MR) is 104 cm³/mol. The Morgan fingerprint density at radius 3 is 2.52 bits per heavy atom. The van der Waals surface area contributed by atoms with Crippen molar-refractivity contribution in [2.24, 2.45) is 4.99 Å². The molecule has 8 heteroatoms. The van der Waals surface area contributed by atoms with Crippen molar-refractivity contribution in [1.82, 2.24) is 0 Å². The molecule has 2 amide bonds. The average molecular weight is 386 g/mol. The van der Waals surface area contributed by atoms with E-state index in [4.69, 9.17) is 9.47 Å². The molecule has 0 radical (unpaired) electrons. The number of nitrogens with one attached hydrogen (secondary N) is 1. The van der Waals surface area contributed by atoms with Gasteiger partial charge in [-0.25, -0.2) is 4.99 Å². The number of benzene rings is 2. The van der Waals surface area contributed by atoms with Gasteiger partial charge in [-0.15, -0.1) is 0 Å². The maximum absolute atomic E-state index is 12.3. The van der Waals surface area contributed by atoms with Crippen molar-refractivity contribution in [3.63, 3.8) is 0 Å². The summed E-state index contributed by atoms with van der Waals surface area (Å²) in [4.78, 5) is 28.5. The Balaban J connectivity index is 1.62. The molecular formula is C19H18N2O5S. The Bertz CT molecular complexity index is 895. The number of nitrogens with zero attached hydrogens (tertiary/aromatic N) is 1. The lowest BCUT2D eigenvalue weighted by Crippen LogP contribution is -2.21. The lowest BCUT2D eigenvalue weighted by atomic mass is 10.2. The highest BCUT2D eigenvalue weighted by molar-refractivity contribution is 8.16. The first-order chi connectivity index (χ1) is 13.0. The van der Waals surface area contributed by atoms with Crippen molar-refractivity contribution >= 4 is 34.3 Å². The zero-order chi connectivity index (χ0) is 19.4. The molecule has 1 aliphatic heterocycles. The molecule has 1 aliphatic rings. The Hall–Kier alpha value is -3.00. The van der Waals surface area contributed by atoms with Crippen LogP contribution in [0.2, 0.25) is 0 Å². The summed E-state index contributed by atoms with van der Waals surface area (Å²) >= 11 is 1.24. The first-order valence-corrected chi connectivity index (χ1v) is 8.98. The molecule has 2 N–H and O–H groups in total. The van der Waals surface area contributed by atoms with Crippen LogP contribution < -0.4 is 14.8 Å². The molecule has 0 fully saturated rings. The van der Waals surface area contributed by atoms with Gasteiger partial charge in [0.15, 0.2) is 11.5 Å². The van der Waals surface area contributed by atoms with E-state index in [0.29, 0.717) is 22.2 Å². The van der Waals surface area contributed by atoms with Gasteiger partial charge >= 0.3 is 0 Å². The lowest BCUT2D eigenvalue weighted by molar-refractivity contribution is -0.121. The van der Waals surface area contributed by atoms with Gasteiger partial charge in [0.2, 0.25) is 5.91 Å². The Morgan fingerprint density at radius 2 is 1.85 bits per heavy atom. The normalized spacial score (nSPS) is 16.0. The van der Waals surface area contributed by atoms with Crippen LogP contribution in [0.1, 0.15) is 12.0 Å². The van der Waals surface area contributed by atoms with Crippen LogP contribution >= 0.6 is 11.8 Å². The van der Waals surface area contributed by atoms with E-state index in [2.05, 4.69) is 10.3 Å². The topological polar surface area (TPSA) is 97.2 Å². The maximum atomic E-state index is 12.3. The zero-order valence-corrected chi connectivity index (χ0v) is 15.6. The van der Waals surface area contributed by atoms with Crippen LogP contribution in [0.5, 0.6) is 17.2 Å². The second-order valence-electron chi connectivity index (χ2n) is 5.73. The summed E-state index contributed by atoms with van der Waals surface area (Å²) in [6, 6.07) is 11.5. The predicted octanol–water partition coefficient (Wildman–Crippen LogP) is 2.83. The number of methoxy groups -OCH3 is 2. The van der Waals surface area contributed by atoms with Crippen molar-refractivity contribution < 1.29 is 24.2 Å². The lowest BCUT2D eigenvalue weighted by Gasteiger charge is -2.11. The van der Waals surface area contributed by atoms with E-state index in [1.165, 1.54) is 38.1 Å². The number of phenols is 1. The number of phenolic OH excluding ortho intramolecular Hbond substituents is 1. The van der Waals surface area contributed by atoms with Gasteiger partial charge in [0.05, 0.1) is 14.2 Å². The first kappa shape index (κ1) is 18.8. The van der Waals surface area contributed by atoms with E-state index in [1.807, 2.05) is 0 Å². The number of aromatic hydroxyl groups is 1. The number of carbonyl (C=O) groups is 2. The van der Waals surface area contributed by atoms with Gasteiger partial charge in [-0.2, -0.15) is 0 Å². The van der Waals surface area contributed by atoms with E-state index >= 15 is 0 Å². The average Bonchev–Trinajstić information content (AvgIpc) is 3.02. The van der Waals surface area contributed by atoms with Gasteiger partial charge in [-0.05, 0) is 36.4 Å². The third kappa shape index (κ3) is 4.40. The van der Waals surface area contributed by atoms with Gasteiger partial charge in [0.25, 0.3) is 5.91 Å². The second-order valence-corrected chi connectivity index (χ2v) is 6.92. The summed E-state index contributed by atoms with van der Waals surface area (Å²) in [5.41, 5.74) is 1.28. The molecule has 2 aromatic rings. The third-order valence-electron chi connectivity index (χ3n) is 3.89. The van der Waals surface area contributed by atoms with E-state index in [-0.39, 0.29) is 24.0 Å². The monoisotopic (exact) mass is 386 g/mol. The van der Waals surface area contributed by atoms with Gasteiger partial charge in [0.1, 0.15) is 16.0 Å². The number of aliphatic imine (C=N–C) groups is 1. The summed E-state index contributed by atoms with van der Waals surface area (Å²) in [7, 11) is 3.05. The Labute approximate surface area is 160 Å². The van der Waals surface area contributed by atoms with Crippen molar-refractivity contribution in [2.45, 2.75) is 11.7 Å². The molecule has 140 valence electrons. The number of amides is 2. The fraction of sp³-hybridized carbons (Fsp3) is 0.211. The van der Waals surface area contributed by atoms with Gasteiger partial charge < -0.3 is 19.9 Å². The van der Waals surface area contributed by atoms with Gasteiger partial charge in [-0.3, -0.25) is 9.59 Å². The summed E-state index contributed by atoms with van der Waals surface area (Å²) in [5.74, 6) is 0.559. The van der Waals surface area contributed by atoms with Gasteiger partial charge in [0, 0.05) is 23.7 Å². The van der Waals surface area contributed by atoms with E-state index in [9.17, 15) is 14.7 Å². The Morgan fingerprint density at radius 1 is 1.15 bits per heavy atom. The van der Waals surface area contributed by atoms with Crippen LogP contribution in [0, 0.1) is 0 Å². The molecule has 0 spiro atoms. The van der Waals surface area contributed by atoms with Gasteiger partial charge in [-0.1, -0.05) is 11.8 Å². The number of rotatable bonds is 6. The van der Waals surface area contributed by atoms with Crippen LogP contribution in [-0.2, 0) is 9.59 Å². The highest BCUT2D eigenvalue weighted by Gasteiger charge is 2.31. The van der Waals surface area contributed by atoms with Crippen LogP contribution in [-0.4, -0.2) is 41.4 Å². The second kappa shape index (κ2) is 8.13. The molecule has 0 saturated carbocycles. The molecule has 1 atom stereocenters. The van der Waals surface area contributed by atoms with E-state index < -0.39 is 5.25 Å². The number of carbonyl (C=O) groups excluding carboxylic acids is 2. The van der Waals surface area contributed by atoms with Crippen molar-refractivity contribution in [1.29, 1.82) is 0 Å². The largest absolute Gasteiger partial charge is 0.508 e. The summed E-state index contributed by atoms with van der Waals surface area (Å²) in [6.45, 7) is 0. The Kier molecular flexibility index (Phi) is 5.66. The standard InChI is InChI=1S/C19H18N2O5S/c1-25-14-8-5-12(9-15(14)26-2)20-17(23)10-16-18(24)21-19(27-16)11-3-6-13(22)7-4-11/h3-9,16,22H,10H2,1-2H3,(H,20,23)/t16-/m0/s1. The maximum Gasteiger partial charge on any atom is 0.260 e. The zero-order valence-electron chi connectivity index (χ0n) is 14.8. The smallest absolute Gasteiger partial charge is 0.260 e. The first-order valence-electron chi connectivity index (χ1n) is 8.10. The van der Waals surface area contributed by atoms with Crippen molar-refractivity contribution in [3.8, 4) is 17.2 Å². The molecule has 0 saturated heterocycles. The summed E-state index contributed by atoms with van der Waals surface area (Å²) in [6.07, 6.45) is 0.00291. The fourth-order valence-corrected chi connectivity index (χ4v) is 3.62. The van der Waals surface area contributed by atoms with Crippen LogP contribution in [0.15, 0.2) is 47.5 Å². The van der Waals surface area contributed by atoms with Crippen molar-refractivity contribution in [3.05, 3.63) is 48.0 Å². The molecule has 0 bridgehead atoms. The summed E-state index contributed by atoms with van der Waals surface area (Å²) in [5, 5.41) is 12.1. The van der Waals surface area contributed by atoms with Crippen LogP contribution in [0.4, 0.5) is 5.69 Å². The fourth-order valence-electron chi connectivity index (χ4n) is 2.54. The van der Waals surface area contributed by atoms with Crippen LogP contribution in [0.3, 0.4) is 0 Å². The SMILES string of the molecule is COc1ccc(NC(=O)C[C@@H]2SC(c3ccc(O)cc3)=NC2=O)cc1OC. The number of hydrogen-bond donors (Lipinski definition) is 2. The summed E-state index contributed by atoms with van der Waals surface area (Å²) < 4.78 is 10.4. The van der Waals surface area contributed by atoms with Crippen LogP contribution in [0.25, 0.3) is 0 Å². The molecule has 0 unspecified atom stereocenters. The quantitative estimate of drug-likeness (QED) is 0.792. The molecule has 0 aliphatic carbocycles. The minimum Gasteiger partial charge on any atom is -0.508 e. The molecule has 1 heterocycles. The van der Waals surface area contributed by atoms with Crippen molar-refractivity contribution in [2.75, 3.05) is 19.5 Å². The molecular weight excluding hydrogens is 368 g/mol. The molecule has 2 aromatic carbocycles. The highest BCUT2D eigenvalue weighted by Crippen LogP contribution is 2.32. The molecule has 27 heavy (non-hydrogen) atoms. The number of anilines is 1. The number of ether oxygens (including phenoxy) is 2. The molecule has 7 nitrogen and oxygen atoms in total. The molecule has 3 rings (SSSR count). The third-order valence-corrected chi connectivity index (χ3v) is 5.10. The minimum atomic E-state index is -0.575.